The molecule has 18 amide bonds. The summed E-state index contributed by atoms with van der Waals surface area (Å²) >= 11 is 0. The quantitative estimate of drug-likeness (QED) is 0.0293. The second-order valence-corrected chi connectivity index (χ2v) is 30.5. The Labute approximate surface area is 677 Å². The number of aliphatic hydroxyl groups excluding tert-OH is 1. The summed E-state index contributed by atoms with van der Waals surface area (Å²) < 4.78 is 0. The predicted molar refractivity (Wildman–Crippen MR) is 418 cm³/mol. The molecule has 0 aliphatic rings. The Balaban J connectivity index is 2.14. The van der Waals surface area contributed by atoms with Gasteiger partial charge in [-0.2, -0.15) is 0 Å². The summed E-state index contributed by atoms with van der Waals surface area (Å²) in [4.78, 5) is 266. The van der Waals surface area contributed by atoms with Gasteiger partial charge in [-0.05, 0) is 96.3 Å². The van der Waals surface area contributed by atoms with E-state index in [1.807, 2.05) is 0 Å². The minimum absolute atomic E-state index is 0.0100. The van der Waals surface area contributed by atoms with Crippen LogP contribution in [0.4, 0.5) is 0 Å². The highest BCUT2D eigenvalue weighted by Gasteiger charge is 2.38. The number of imidazole rings is 2. The molecule has 0 radical (unpaired) electrons. The van der Waals surface area contributed by atoms with E-state index in [9.17, 15) is 101 Å². The number of carboxylic acid groups (broad SMARTS) is 1. The molecule has 117 heavy (non-hydrogen) atoms. The first-order valence-corrected chi connectivity index (χ1v) is 38.6. The van der Waals surface area contributed by atoms with Crippen molar-refractivity contribution in [1.29, 1.82) is 0 Å². The zero-order valence-corrected chi connectivity index (χ0v) is 68.8. The van der Waals surface area contributed by atoms with E-state index in [-0.39, 0.29) is 74.3 Å². The zero-order valence-electron chi connectivity index (χ0n) is 68.8. The standard InChI is InChI=1S/C73H121N23O21/c1-16-37(10)58(72(116)94-49(22-36(8)9)71(115)96-59(42(15)97)73(117)89-46(60(76)104)19-33(2)3)95-56(101)30-80-63(107)40(13)85-64(108)41(14)86-67(111)51(24-44-27-78-32-83-44)93-70(114)52(25-53(75)98)87-55(100)29-79-62(106)39(12)84-54(99)28-81-65(109)50(23-43-26-77-31-82-43)92-69(113)48(21-35(6)7)91-68(112)47(20-34(4)5)90-66(110)45(17-18-57(102)103)88-61(105)38(11)74/h26-27,31-42,45-52,58-59,97H,16-25,28-30,74H2,1-15H3,(H2,75,98)(H2,76,104)(H,77,82)(H,78,83)(H,79,106)(H,80,107)(H,81,109)(H,84,99)(H,85,108)(H,86,111)(H,87,100)(H,88,105)(H,89,117)(H,90,110)(H,91,112)(H,92,113)(H,93,114)(H,94,116)(H,95,101)(H,96,115)(H,102,103)/t37-,38-,39-,40-,41-,42+,45-,46-,47-,48-,49-,50-,51-,52-,58-,59-/m0/s1. The summed E-state index contributed by atoms with van der Waals surface area (Å²) in [5.41, 5.74) is 17.2. The number of hydrogen-bond acceptors (Lipinski definition) is 23. The summed E-state index contributed by atoms with van der Waals surface area (Å²) in [6, 6.07) is -19.4. The van der Waals surface area contributed by atoms with Gasteiger partial charge >= 0.3 is 5.97 Å². The number of amides is 18. The van der Waals surface area contributed by atoms with Crippen molar-refractivity contribution in [2.45, 2.75) is 259 Å². The minimum atomic E-state index is -1.80. The van der Waals surface area contributed by atoms with Crippen LogP contribution in [0, 0.1) is 29.6 Å². The van der Waals surface area contributed by atoms with Crippen LogP contribution in [-0.4, -0.2) is 253 Å². The van der Waals surface area contributed by atoms with Crippen molar-refractivity contribution in [2.75, 3.05) is 19.6 Å². The van der Waals surface area contributed by atoms with Gasteiger partial charge < -0.3 is 122 Å². The van der Waals surface area contributed by atoms with Crippen LogP contribution in [0.2, 0.25) is 0 Å². The van der Waals surface area contributed by atoms with Crippen molar-refractivity contribution in [3.8, 4) is 0 Å². The van der Waals surface area contributed by atoms with Gasteiger partial charge in [0.25, 0.3) is 0 Å². The minimum Gasteiger partial charge on any atom is -0.481 e. The van der Waals surface area contributed by atoms with Gasteiger partial charge in [0.1, 0.15) is 78.5 Å². The molecule has 0 saturated heterocycles. The number of aliphatic hydroxyl groups is 1. The van der Waals surface area contributed by atoms with Crippen molar-refractivity contribution in [3.63, 3.8) is 0 Å². The maximum absolute atomic E-state index is 14.1. The molecule has 0 aliphatic carbocycles. The Morgan fingerprint density at radius 3 is 1.15 bits per heavy atom. The summed E-state index contributed by atoms with van der Waals surface area (Å²) in [6.45, 7) is 21.4. The molecule has 2 rings (SSSR count). The molecule has 2 aromatic heterocycles. The number of H-pyrrole nitrogens is 2. The van der Waals surface area contributed by atoms with E-state index < -0.39 is 241 Å². The van der Waals surface area contributed by atoms with Crippen molar-refractivity contribution >= 4 is 112 Å². The third-order valence-corrected chi connectivity index (χ3v) is 17.8. The number of primary amides is 2. The first kappa shape index (κ1) is 101. The van der Waals surface area contributed by atoms with Crippen LogP contribution in [0.15, 0.2) is 25.0 Å². The summed E-state index contributed by atoms with van der Waals surface area (Å²) in [6.07, 6.45) is 2.08. The zero-order chi connectivity index (χ0) is 88.8. The maximum Gasteiger partial charge on any atom is 0.303 e. The van der Waals surface area contributed by atoms with E-state index in [0.29, 0.717) is 12.1 Å². The van der Waals surface area contributed by atoms with Crippen LogP contribution < -0.4 is 102 Å². The fourth-order valence-electron chi connectivity index (χ4n) is 11.2. The summed E-state index contributed by atoms with van der Waals surface area (Å²) in [5, 5.41) is 58.9. The van der Waals surface area contributed by atoms with E-state index in [0.717, 1.165) is 0 Å². The molecule has 2 aromatic rings. The van der Waals surface area contributed by atoms with E-state index in [2.05, 4.69) is 105 Å². The van der Waals surface area contributed by atoms with Crippen LogP contribution >= 0.6 is 0 Å². The molecule has 44 heteroatoms. The number of aliphatic carboxylic acids is 1. The van der Waals surface area contributed by atoms with Gasteiger partial charge in [0.2, 0.25) is 106 Å². The predicted octanol–water partition coefficient (Wildman–Crippen LogP) is -7.19. The van der Waals surface area contributed by atoms with Crippen LogP contribution in [0.25, 0.3) is 0 Å². The Bertz CT molecular complexity index is 3720. The van der Waals surface area contributed by atoms with Crippen molar-refractivity contribution in [3.05, 3.63) is 36.4 Å². The molecule has 0 unspecified atom stereocenters. The lowest BCUT2D eigenvalue weighted by Gasteiger charge is -2.29. The number of nitrogens with two attached hydrogens (primary N) is 3. The second-order valence-electron chi connectivity index (χ2n) is 30.5. The van der Waals surface area contributed by atoms with E-state index in [1.165, 1.54) is 59.7 Å². The lowest BCUT2D eigenvalue weighted by molar-refractivity contribution is -0.138. The molecule has 26 N–H and O–H groups in total. The van der Waals surface area contributed by atoms with Crippen LogP contribution in [0.3, 0.4) is 0 Å². The van der Waals surface area contributed by atoms with Crippen molar-refractivity contribution in [1.82, 2.24) is 105 Å². The number of aromatic nitrogens is 4. The third kappa shape index (κ3) is 38.5. The van der Waals surface area contributed by atoms with Gasteiger partial charge in [0, 0.05) is 43.0 Å². The SMILES string of the molecule is CC[C@H](C)[C@H](NC(=O)CNC(=O)[C@H](C)NC(=O)[C@H](C)NC(=O)[C@H](Cc1cnc[nH]1)NC(=O)[C@H](CC(N)=O)NC(=O)CNC(=O)[C@H](C)NC(=O)CNC(=O)[C@H](Cc1cnc[nH]1)NC(=O)[C@H](CC(C)C)NC(=O)[C@H](CC(C)C)NC(=O)[C@H](CCC(=O)O)NC(=O)[C@H](C)N)C(=O)N[C@@H](CC(C)C)C(=O)N[C@H](C(=O)N[C@@H](CC(C)C)C(N)=O)[C@@H](C)O. The summed E-state index contributed by atoms with van der Waals surface area (Å²) in [5.74, 6) is -19.2. The Morgan fingerprint density at radius 1 is 0.385 bits per heavy atom. The third-order valence-electron chi connectivity index (χ3n) is 17.8. The number of hydrogen-bond donors (Lipinski definition) is 23. The highest BCUT2D eigenvalue weighted by atomic mass is 16.4. The van der Waals surface area contributed by atoms with Gasteiger partial charge in [-0.25, -0.2) is 9.97 Å². The fraction of sp³-hybridized carbons (Fsp3) is 0.658. The topological polar surface area (TPSA) is 693 Å². The molecule has 44 nitrogen and oxygen atoms in total. The van der Waals surface area contributed by atoms with Crippen LogP contribution in [-0.2, 0) is 104 Å². The first-order chi connectivity index (χ1) is 54.6. The van der Waals surface area contributed by atoms with Gasteiger partial charge in [-0.1, -0.05) is 75.7 Å². The number of aromatic amines is 2. The molecular formula is C73H121N23O21. The van der Waals surface area contributed by atoms with Crippen LogP contribution in [0.5, 0.6) is 0 Å². The number of carboxylic acids is 1. The number of nitrogens with one attached hydrogen (secondary N) is 18. The van der Waals surface area contributed by atoms with Crippen LogP contribution in [0.1, 0.15) is 167 Å². The molecule has 0 fully saturated rings. The first-order valence-electron chi connectivity index (χ1n) is 38.6. The number of carbonyl (C=O) groups is 19. The molecule has 2 heterocycles. The van der Waals surface area contributed by atoms with Gasteiger partial charge in [0.15, 0.2) is 0 Å². The van der Waals surface area contributed by atoms with E-state index >= 15 is 0 Å². The second kappa shape index (κ2) is 50.6. The molecule has 654 valence electrons. The average Bonchev–Trinajstić information content (AvgIpc) is 1.35. The number of carbonyl (C=O) groups excluding carboxylic acids is 18. The molecular weight excluding hydrogens is 1530 g/mol. The fourth-order valence-corrected chi connectivity index (χ4v) is 11.2. The average molecular weight is 1660 g/mol. The number of nitrogens with zero attached hydrogens (tertiary/aromatic N) is 2. The molecule has 16 atom stereocenters. The molecule has 0 aliphatic heterocycles. The largest absolute Gasteiger partial charge is 0.481 e. The van der Waals surface area contributed by atoms with Gasteiger partial charge in [-0.15, -0.1) is 0 Å². The monoisotopic (exact) mass is 1660 g/mol. The number of rotatable bonds is 53. The molecule has 0 saturated carbocycles. The lowest BCUT2D eigenvalue weighted by Crippen LogP contribution is -2.61. The Morgan fingerprint density at radius 2 is 0.735 bits per heavy atom. The molecule has 0 aromatic carbocycles. The summed E-state index contributed by atoms with van der Waals surface area (Å²) in [7, 11) is 0. The van der Waals surface area contributed by atoms with Crippen molar-refractivity contribution in [2.24, 2.45) is 46.8 Å². The normalized spacial score (nSPS) is 15.3. The Hall–Kier alpha value is -11.7. The lowest BCUT2D eigenvalue weighted by atomic mass is 9.96. The highest BCUT2D eigenvalue weighted by Crippen LogP contribution is 2.15. The van der Waals surface area contributed by atoms with Gasteiger partial charge in [-0.3, -0.25) is 91.1 Å². The van der Waals surface area contributed by atoms with Crippen molar-refractivity contribution < 1.29 is 101 Å². The smallest absolute Gasteiger partial charge is 0.303 e. The molecule has 0 bridgehead atoms. The Kier molecular flexibility index (Phi) is 43.8. The molecule has 0 spiro atoms. The highest BCUT2D eigenvalue weighted by molar-refractivity contribution is 6.01. The van der Waals surface area contributed by atoms with Gasteiger partial charge in [0.05, 0.1) is 50.9 Å². The van der Waals surface area contributed by atoms with E-state index in [4.69, 9.17) is 17.2 Å². The van der Waals surface area contributed by atoms with E-state index in [1.54, 1.807) is 69.2 Å². The maximum atomic E-state index is 14.1.